The lowest BCUT2D eigenvalue weighted by atomic mass is 10.0. The predicted molar refractivity (Wildman–Crippen MR) is 78.2 cm³/mol. The number of para-hydroxylation sites is 1. The van der Waals surface area contributed by atoms with Gasteiger partial charge < -0.3 is 4.74 Å². The van der Waals surface area contributed by atoms with E-state index < -0.39 is 0 Å². The van der Waals surface area contributed by atoms with Crippen LogP contribution in [0.2, 0.25) is 0 Å². The van der Waals surface area contributed by atoms with Crippen molar-refractivity contribution in [3.8, 4) is 5.75 Å². The summed E-state index contributed by atoms with van der Waals surface area (Å²) in [7, 11) is 0. The third-order valence-corrected chi connectivity index (χ3v) is 2.65. The number of carbonyl (C=O) groups is 2. The number of hydrogen-bond acceptors (Lipinski definition) is 5. The molecule has 2 rings (SSSR count). The number of nitrogens with one attached hydrogen (secondary N) is 2. The molecule has 0 bridgehead atoms. The van der Waals surface area contributed by atoms with Gasteiger partial charge in [0.05, 0.1) is 12.3 Å². The van der Waals surface area contributed by atoms with Crippen molar-refractivity contribution in [3.63, 3.8) is 0 Å². The smallest absolute Gasteiger partial charge is 0.229 e. The minimum Gasteiger partial charge on any atom is -0.492 e. The Morgan fingerprint density at radius 3 is 2.48 bits per heavy atom. The molecule has 2 amide bonds. The Bertz CT molecular complexity index is 604. The Balaban J connectivity index is 2.27. The van der Waals surface area contributed by atoms with Gasteiger partial charge in [0.15, 0.2) is 0 Å². The topological polar surface area (TPSA) is 92.2 Å². The van der Waals surface area contributed by atoms with Crippen molar-refractivity contribution in [2.24, 2.45) is 10.2 Å². The van der Waals surface area contributed by atoms with Crippen molar-refractivity contribution >= 4 is 23.5 Å². The van der Waals surface area contributed by atoms with E-state index in [2.05, 4.69) is 20.8 Å². The SMILES string of the molecule is CC(=O)NC(=N/N=C1\CCOc2ccccc21)NC(C)=O. The summed E-state index contributed by atoms with van der Waals surface area (Å²) in [6.07, 6.45) is 0.605. The highest BCUT2D eigenvalue weighted by Crippen LogP contribution is 2.24. The molecule has 1 aromatic carbocycles. The molecule has 7 heteroatoms. The van der Waals surface area contributed by atoms with Crippen LogP contribution in [0.15, 0.2) is 34.5 Å². The van der Waals surface area contributed by atoms with Crippen LogP contribution in [0.3, 0.4) is 0 Å². The molecular weight excluding hydrogens is 272 g/mol. The number of rotatable bonds is 1. The van der Waals surface area contributed by atoms with Gasteiger partial charge in [-0.3, -0.25) is 20.2 Å². The van der Waals surface area contributed by atoms with Gasteiger partial charge in [-0.1, -0.05) is 12.1 Å². The van der Waals surface area contributed by atoms with Crippen molar-refractivity contribution in [1.82, 2.24) is 10.6 Å². The summed E-state index contributed by atoms with van der Waals surface area (Å²) in [6, 6.07) is 7.51. The number of amides is 2. The van der Waals surface area contributed by atoms with Crippen molar-refractivity contribution in [1.29, 1.82) is 0 Å². The molecular formula is C14H16N4O3. The second kappa shape index (κ2) is 6.65. The van der Waals surface area contributed by atoms with Crippen LogP contribution < -0.4 is 15.4 Å². The van der Waals surface area contributed by atoms with E-state index in [-0.39, 0.29) is 17.8 Å². The lowest BCUT2D eigenvalue weighted by Crippen LogP contribution is -2.41. The molecule has 0 atom stereocenters. The fraction of sp³-hybridized carbons (Fsp3) is 0.286. The molecule has 1 aromatic rings. The molecule has 0 saturated heterocycles. The summed E-state index contributed by atoms with van der Waals surface area (Å²) in [5, 5.41) is 12.9. The van der Waals surface area contributed by atoms with Crippen LogP contribution in [0.5, 0.6) is 5.75 Å². The maximum absolute atomic E-state index is 11.1. The van der Waals surface area contributed by atoms with Crippen molar-refractivity contribution in [3.05, 3.63) is 29.8 Å². The van der Waals surface area contributed by atoms with Crippen LogP contribution in [0.1, 0.15) is 25.8 Å². The molecule has 1 aliphatic rings. The minimum absolute atomic E-state index is 0.00599. The van der Waals surface area contributed by atoms with E-state index in [0.29, 0.717) is 13.0 Å². The minimum atomic E-state index is -0.338. The monoisotopic (exact) mass is 288 g/mol. The van der Waals surface area contributed by atoms with Gasteiger partial charge in [-0.05, 0) is 12.1 Å². The summed E-state index contributed by atoms with van der Waals surface area (Å²) in [4.78, 5) is 22.1. The fourth-order valence-electron chi connectivity index (χ4n) is 1.85. The molecule has 7 nitrogen and oxygen atoms in total. The first-order chi connectivity index (χ1) is 10.1. The van der Waals surface area contributed by atoms with Crippen LogP contribution >= 0.6 is 0 Å². The molecule has 1 aliphatic heterocycles. The van der Waals surface area contributed by atoms with Crippen molar-refractivity contribution in [2.75, 3.05) is 6.61 Å². The lowest BCUT2D eigenvalue weighted by Gasteiger charge is -2.17. The van der Waals surface area contributed by atoms with Crippen LogP contribution in [0, 0.1) is 0 Å². The Hall–Kier alpha value is -2.70. The van der Waals surface area contributed by atoms with Gasteiger partial charge in [-0.15, -0.1) is 5.10 Å². The first kappa shape index (κ1) is 14.7. The van der Waals surface area contributed by atoms with Crippen molar-refractivity contribution in [2.45, 2.75) is 20.3 Å². The van der Waals surface area contributed by atoms with E-state index in [1.54, 1.807) is 0 Å². The maximum atomic E-state index is 11.1. The van der Waals surface area contributed by atoms with Gasteiger partial charge in [-0.2, -0.15) is 5.10 Å². The van der Waals surface area contributed by atoms with E-state index in [0.717, 1.165) is 17.0 Å². The first-order valence-electron chi connectivity index (χ1n) is 6.48. The van der Waals surface area contributed by atoms with Gasteiger partial charge in [-0.25, -0.2) is 0 Å². The van der Waals surface area contributed by atoms with Gasteiger partial charge >= 0.3 is 0 Å². The predicted octanol–water partition coefficient (Wildman–Crippen LogP) is 0.801. The van der Waals surface area contributed by atoms with Crippen LogP contribution in [0.4, 0.5) is 0 Å². The molecule has 0 unspecified atom stereocenters. The summed E-state index contributed by atoms with van der Waals surface area (Å²) in [6.45, 7) is 3.17. The number of hydrogen-bond donors (Lipinski definition) is 2. The molecule has 0 aromatic heterocycles. The first-order valence-corrected chi connectivity index (χ1v) is 6.48. The van der Waals surface area contributed by atoms with E-state index in [9.17, 15) is 9.59 Å². The van der Waals surface area contributed by atoms with E-state index >= 15 is 0 Å². The molecule has 0 radical (unpaired) electrons. The summed E-state index contributed by atoms with van der Waals surface area (Å²) in [5.74, 6) is 0.0786. The number of fused-ring (bicyclic) bond motifs is 1. The molecule has 2 N–H and O–H groups in total. The van der Waals surface area contributed by atoms with Crippen LogP contribution in [-0.4, -0.2) is 30.1 Å². The second-order valence-corrected chi connectivity index (χ2v) is 4.45. The number of guanidine groups is 1. The highest BCUT2D eigenvalue weighted by Gasteiger charge is 2.16. The second-order valence-electron chi connectivity index (χ2n) is 4.45. The Morgan fingerprint density at radius 2 is 1.81 bits per heavy atom. The summed E-state index contributed by atoms with van der Waals surface area (Å²) < 4.78 is 5.52. The zero-order chi connectivity index (χ0) is 15.2. The van der Waals surface area contributed by atoms with E-state index in [1.165, 1.54) is 13.8 Å². The fourth-order valence-corrected chi connectivity index (χ4v) is 1.85. The average Bonchev–Trinajstić information content (AvgIpc) is 2.43. The number of ether oxygens (including phenoxy) is 1. The quantitative estimate of drug-likeness (QED) is 0.455. The highest BCUT2D eigenvalue weighted by atomic mass is 16.5. The average molecular weight is 288 g/mol. The Morgan fingerprint density at radius 1 is 1.14 bits per heavy atom. The standard InChI is InChI=1S/C14H16N4O3/c1-9(19)15-14(16-10(2)20)18-17-12-7-8-21-13-6-4-3-5-11(12)13/h3-6H,7-8H2,1-2H3,(H2,15,16,18,19,20)/b17-12+. The van der Waals surface area contributed by atoms with Gasteiger partial charge in [0.1, 0.15) is 5.75 Å². The third-order valence-electron chi connectivity index (χ3n) is 2.65. The molecule has 0 spiro atoms. The normalized spacial score (nSPS) is 14.7. The maximum Gasteiger partial charge on any atom is 0.229 e. The largest absolute Gasteiger partial charge is 0.492 e. The number of nitrogens with zero attached hydrogens (tertiary/aromatic N) is 2. The van der Waals surface area contributed by atoms with E-state index in [4.69, 9.17) is 4.74 Å². The Labute approximate surface area is 122 Å². The number of carbonyl (C=O) groups excluding carboxylic acids is 2. The van der Waals surface area contributed by atoms with Gasteiger partial charge in [0, 0.05) is 25.8 Å². The third kappa shape index (κ3) is 4.13. The zero-order valence-corrected chi connectivity index (χ0v) is 11.8. The molecule has 0 saturated carbocycles. The van der Waals surface area contributed by atoms with Gasteiger partial charge in [0.2, 0.25) is 17.8 Å². The van der Waals surface area contributed by atoms with Crippen LogP contribution in [0.25, 0.3) is 0 Å². The number of benzene rings is 1. The van der Waals surface area contributed by atoms with Gasteiger partial charge in [0.25, 0.3) is 0 Å². The molecule has 0 aliphatic carbocycles. The van der Waals surface area contributed by atoms with Crippen LogP contribution in [-0.2, 0) is 9.59 Å². The highest BCUT2D eigenvalue weighted by molar-refractivity contribution is 6.06. The molecule has 21 heavy (non-hydrogen) atoms. The Kier molecular flexibility index (Phi) is 4.65. The zero-order valence-electron chi connectivity index (χ0n) is 11.8. The molecule has 110 valence electrons. The lowest BCUT2D eigenvalue weighted by molar-refractivity contribution is -0.117. The van der Waals surface area contributed by atoms with Crippen molar-refractivity contribution < 1.29 is 14.3 Å². The van der Waals surface area contributed by atoms with E-state index in [1.807, 2.05) is 24.3 Å². The molecule has 1 heterocycles. The summed E-state index contributed by atoms with van der Waals surface area (Å²) in [5.41, 5.74) is 1.60. The summed E-state index contributed by atoms with van der Waals surface area (Å²) >= 11 is 0. The molecule has 0 fully saturated rings.